The van der Waals surface area contributed by atoms with Gasteiger partial charge in [-0.1, -0.05) is 32.0 Å². The Morgan fingerprint density at radius 3 is 2.45 bits per heavy atom. The Balaban J connectivity index is 0.00000400. The molecule has 0 aliphatic carbocycles. The molecule has 1 N–H and O–H groups in total. The number of carbonyl (C=O) groups excluding carboxylic acids is 1. The molecule has 6 nitrogen and oxygen atoms in total. The zero-order valence-electron chi connectivity index (χ0n) is 23.6. The van der Waals surface area contributed by atoms with Crippen molar-refractivity contribution < 1.29 is 4.79 Å². The zero-order valence-corrected chi connectivity index (χ0v) is 24.4. The first-order chi connectivity index (χ1) is 17.9. The summed E-state index contributed by atoms with van der Waals surface area (Å²) in [5.41, 5.74) is 5.68. The second-order valence-corrected chi connectivity index (χ2v) is 10.4. The summed E-state index contributed by atoms with van der Waals surface area (Å²) in [4.78, 5) is 24.8. The van der Waals surface area contributed by atoms with Gasteiger partial charge in [-0.05, 0) is 82.0 Å². The van der Waals surface area contributed by atoms with Crippen molar-refractivity contribution in [2.24, 2.45) is 0 Å². The molecule has 2 unspecified atom stereocenters. The highest BCUT2D eigenvalue weighted by atomic mass is 35.5. The molecule has 3 aromatic rings. The number of hydrogen-bond acceptors (Lipinski definition) is 4. The third-order valence-electron chi connectivity index (χ3n) is 7.70. The molecule has 38 heavy (non-hydrogen) atoms. The highest BCUT2D eigenvalue weighted by Gasteiger charge is 2.23. The number of aromatic nitrogens is 1. The van der Waals surface area contributed by atoms with Gasteiger partial charge in [-0.2, -0.15) is 0 Å². The molecule has 0 saturated carbocycles. The van der Waals surface area contributed by atoms with E-state index in [2.05, 4.69) is 97.4 Å². The van der Waals surface area contributed by atoms with Crippen LogP contribution in [0.5, 0.6) is 0 Å². The number of benzene rings is 2. The number of pyridine rings is 1. The Morgan fingerprint density at radius 2 is 1.74 bits per heavy atom. The Bertz CT molecular complexity index is 1190. The van der Waals surface area contributed by atoms with Crippen LogP contribution in [0, 0.1) is 6.92 Å². The molecule has 0 spiro atoms. The monoisotopic (exact) mass is 537 g/mol. The Hall–Kier alpha value is -2.83. The van der Waals surface area contributed by atoms with Crippen LogP contribution in [-0.4, -0.2) is 60.7 Å². The number of carbonyl (C=O) groups is 1. The van der Waals surface area contributed by atoms with E-state index in [4.69, 9.17) is 4.98 Å². The summed E-state index contributed by atoms with van der Waals surface area (Å²) in [6.45, 7) is 15.6. The molecule has 1 aliphatic heterocycles. The van der Waals surface area contributed by atoms with Crippen molar-refractivity contribution in [2.75, 3.05) is 42.5 Å². The minimum Gasteiger partial charge on any atom is -0.368 e. The van der Waals surface area contributed by atoms with Crippen molar-refractivity contribution in [3.05, 3.63) is 65.9 Å². The van der Waals surface area contributed by atoms with E-state index in [0.29, 0.717) is 0 Å². The highest BCUT2D eigenvalue weighted by Crippen LogP contribution is 2.27. The van der Waals surface area contributed by atoms with E-state index in [9.17, 15) is 4.79 Å². The van der Waals surface area contributed by atoms with Crippen LogP contribution in [0.1, 0.15) is 51.8 Å². The van der Waals surface area contributed by atoms with E-state index in [1.54, 1.807) is 0 Å². The molecule has 7 heteroatoms. The maximum absolute atomic E-state index is 13.1. The van der Waals surface area contributed by atoms with Crippen molar-refractivity contribution >= 4 is 40.7 Å². The van der Waals surface area contributed by atoms with Crippen LogP contribution in [0.15, 0.2) is 54.6 Å². The molecule has 2 aromatic carbocycles. The van der Waals surface area contributed by atoms with Gasteiger partial charge in [0, 0.05) is 67.3 Å². The van der Waals surface area contributed by atoms with Crippen LogP contribution >= 0.6 is 12.4 Å². The number of nitrogens with one attached hydrogen (secondary N) is 1. The zero-order chi connectivity index (χ0) is 26.4. The lowest BCUT2D eigenvalue weighted by Crippen LogP contribution is -2.48. The first kappa shape index (κ1) is 29.7. The molecule has 1 aromatic heterocycles. The van der Waals surface area contributed by atoms with Crippen LogP contribution < -0.4 is 15.1 Å². The average Bonchev–Trinajstić information content (AvgIpc) is 2.91. The van der Waals surface area contributed by atoms with Gasteiger partial charge >= 0.3 is 6.03 Å². The second-order valence-electron chi connectivity index (χ2n) is 10.4. The maximum Gasteiger partial charge on any atom is 0.322 e. The third kappa shape index (κ3) is 7.17. The topological polar surface area (TPSA) is 51.7 Å². The van der Waals surface area contributed by atoms with Gasteiger partial charge < -0.3 is 10.2 Å². The fourth-order valence-corrected chi connectivity index (χ4v) is 5.01. The Kier molecular flexibility index (Phi) is 10.8. The standard InChI is InChI=1S/C31H43N5O.ClH/c1-6-23(3)33-31(37)36(25(5)7-2)27-11-8-10-26(22-27)16-17-34-18-20-35(21-19-34)30-13-9-12-29-28(30)15-14-24(4)32-29;/h8-15,22-23,25H,6-7,16-21H2,1-5H3,(H,33,37);1H. The summed E-state index contributed by atoms with van der Waals surface area (Å²) in [6.07, 6.45) is 2.81. The number of hydrogen-bond donors (Lipinski definition) is 1. The summed E-state index contributed by atoms with van der Waals surface area (Å²) in [5, 5.41) is 4.39. The van der Waals surface area contributed by atoms with Crippen molar-refractivity contribution in [3.8, 4) is 0 Å². The van der Waals surface area contributed by atoms with Crippen LogP contribution in [0.4, 0.5) is 16.2 Å². The number of nitrogens with zero attached hydrogens (tertiary/aromatic N) is 4. The number of urea groups is 1. The number of amides is 2. The summed E-state index contributed by atoms with van der Waals surface area (Å²) in [7, 11) is 0. The minimum absolute atomic E-state index is 0. The van der Waals surface area contributed by atoms with Crippen LogP contribution in [0.25, 0.3) is 10.9 Å². The molecule has 1 aliphatic rings. The van der Waals surface area contributed by atoms with Gasteiger partial charge in [0.15, 0.2) is 0 Å². The van der Waals surface area contributed by atoms with Gasteiger partial charge in [0.25, 0.3) is 0 Å². The quantitative estimate of drug-likeness (QED) is 0.341. The fraction of sp³-hybridized carbons (Fsp3) is 0.484. The summed E-state index contributed by atoms with van der Waals surface area (Å²) in [5.74, 6) is 0. The molecule has 0 radical (unpaired) electrons. The molecular formula is C31H44ClN5O. The van der Waals surface area contributed by atoms with E-state index >= 15 is 0 Å². The van der Waals surface area contributed by atoms with Crippen LogP contribution in [0.3, 0.4) is 0 Å². The number of piperazine rings is 1. The molecule has 206 valence electrons. The predicted octanol–water partition coefficient (Wildman–Crippen LogP) is 6.44. The number of fused-ring (bicyclic) bond motifs is 1. The van der Waals surface area contributed by atoms with Gasteiger partial charge in [-0.15, -0.1) is 12.4 Å². The number of anilines is 2. The van der Waals surface area contributed by atoms with E-state index in [1.807, 2.05) is 11.8 Å². The SMILES string of the molecule is CCC(C)NC(=O)N(c1cccc(CCN2CCN(c3cccc4nc(C)ccc34)CC2)c1)C(C)CC.Cl. The van der Waals surface area contributed by atoms with E-state index in [1.165, 1.54) is 16.6 Å². The lowest BCUT2D eigenvalue weighted by Gasteiger charge is -2.36. The van der Waals surface area contributed by atoms with Gasteiger partial charge in [0.2, 0.25) is 0 Å². The lowest BCUT2D eigenvalue weighted by molar-refractivity contribution is 0.241. The van der Waals surface area contributed by atoms with Crippen molar-refractivity contribution in [3.63, 3.8) is 0 Å². The molecule has 1 fully saturated rings. The van der Waals surface area contributed by atoms with Crippen molar-refractivity contribution in [1.29, 1.82) is 0 Å². The average molecular weight is 538 g/mol. The minimum atomic E-state index is -0.00392. The van der Waals surface area contributed by atoms with Crippen LogP contribution in [-0.2, 0) is 6.42 Å². The van der Waals surface area contributed by atoms with Crippen molar-refractivity contribution in [2.45, 2.75) is 66.0 Å². The third-order valence-corrected chi connectivity index (χ3v) is 7.70. The maximum atomic E-state index is 13.1. The number of rotatable bonds is 9. The highest BCUT2D eigenvalue weighted by molar-refractivity contribution is 5.93. The predicted molar refractivity (Wildman–Crippen MR) is 163 cm³/mol. The lowest BCUT2D eigenvalue weighted by atomic mass is 10.1. The van der Waals surface area contributed by atoms with Crippen LogP contribution in [0.2, 0.25) is 0 Å². The molecule has 1 saturated heterocycles. The van der Waals surface area contributed by atoms with Crippen molar-refractivity contribution in [1.82, 2.24) is 15.2 Å². The molecule has 4 rings (SSSR count). The largest absolute Gasteiger partial charge is 0.368 e. The Labute approximate surface area is 234 Å². The normalized spacial score (nSPS) is 15.6. The number of aryl methyl sites for hydroxylation is 1. The Morgan fingerprint density at radius 1 is 1.00 bits per heavy atom. The number of halogens is 1. The smallest absolute Gasteiger partial charge is 0.322 e. The van der Waals surface area contributed by atoms with Gasteiger partial charge in [-0.3, -0.25) is 14.8 Å². The second kappa shape index (κ2) is 13.8. The van der Waals surface area contributed by atoms with E-state index < -0.39 is 0 Å². The molecule has 2 atom stereocenters. The fourth-order valence-electron chi connectivity index (χ4n) is 5.01. The summed E-state index contributed by atoms with van der Waals surface area (Å²) >= 11 is 0. The molecule has 2 heterocycles. The van der Waals surface area contributed by atoms with E-state index in [-0.39, 0.29) is 30.5 Å². The van der Waals surface area contributed by atoms with Gasteiger partial charge in [0.05, 0.1) is 5.52 Å². The first-order valence-corrected chi connectivity index (χ1v) is 13.9. The van der Waals surface area contributed by atoms with Gasteiger partial charge in [0.1, 0.15) is 0 Å². The van der Waals surface area contributed by atoms with E-state index in [0.717, 1.165) is 68.9 Å². The summed E-state index contributed by atoms with van der Waals surface area (Å²) < 4.78 is 0. The van der Waals surface area contributed by atoms with Gasteiger partial charge in [-0.25, -0.2) is 4.79 Å². The molecule has 0 bridgehead atoms. The summed E-state index contributed by atoms with van der Waals surface area (Å²) in [6, 6.07) is 19.6. The first-order valence-electron chi connectivity index (χ1n) is 13.9. The molecular weight excluding hydrogens is 494 g/mol. The molecule has 2 amide bonds.